The first kappa shape index (κ1) is 66.5. The molecule has 20 atom stereocenters. The maximum absolute atomic E-state index is 14.2. The van der Waals surface area contributed by atoms with E-state index in [0.717, 1.165) is 19.4 Å². The van der Waals surface area contributed by atoms with Gasteiger partial charge in [0.15, 0.2) is 12.6 Å². The van der Waals surface area contributed by atoms with Crippen molar-refractivity contribution in [1.29, 1.82) is 0 Å². The second-order valence-electron chi connectivity index (χ2n) is 23.7. The number of hydrogen-bond acceptors (Lipinski definition) is 18. The van der Waals surface area contributed by atoms with Crippen molar-refractivity contribution in [3.63, 3.8) is 0 Å². The Morgan fingerprint density at radius 2 is 1.59 bits per heavy atom. The summed E-state index contributed by atoms with van der Waals surface area (Å²) in [6, 6.07) is 13.8. The molecule has 0 aromatic heterocycles. The van der Waals surface area contributed by atoms with Crippen LogP contribution in [0.1, 0.15) is 125 Å². The Morgan fingerprint density at radius 3 is 2.20 bits per heavy atom. The van der Waals surface area contributed by atoms with Gasteiger partial charge in [-0.05, 0) is 138 Å². The summed E-state index contributed by atoms with van der Waals surface area (Å²) in [6.07, 6.45) is -10.9. The van der Waals surface area contributed by atoms with Crippen molar-refractivity contribution in [2.45, 2.75) is 223 Å². The van der Waals surface area contributed by atoms with E-state index >= 15 is 0 Å². The number of ether oxygens (including phenoxy) is 8. The number of piperidine rings is 1. The lowest BCUT2D eigenvalue weighted by Crippen LogP contribution is -2.60. The molecular weight excluding hydrogens is 1030 g/mol. The average Bonchev–Trinajstić information content (AvgIpc) is 3.39. The van der Waals surface area contributed by atoms with Crippen molar-refractivity contribution < 1.29 is 81.4 Å². The van der Waals surface area contributed by atoms with Crippen LogP contribution in [-0.2, 0) is 39.8 Å². The maximum Gasteiger partial charge on any atom is 0.573 e. The fourth-order valence-corrected chi connectivity index (χ4v) is 12.2. The van der Waals surface area contributed by atoms with Crippen LogP contribution < -0.4 is 20.1 Å². The summed E-state index contributed by atoms with van der Waals surface area (Å²) in [5.74, 6) is -2.31. The van der Waals surface area contributed by atoms with Crippen molar-refractivity contribution in [3.05, 3.63) is 59.7 Å². The van der Waals surface area contributed by atoms with E-state index in [4.69, 9.17) is 33.2 Å². The van der Waals surface area contributed by atoms with Gasteiger partial charge in [0.25, 0.3) is 0 Å². The number of aliphatic hydroxyl groups is 5. The van der Waals surface area contributed by atoms with Crippen LogP contribution in [-0.4, -0.2) is 192 Å². The first-order chi connectivity index (χ1) is 36.9. The van der Waals surface area contributed by atoms with Gasteiger partial charge in [-0.1, -0.05) is 51.1 Å². The number of carbonyl (C=O) groups excluding carboxylic acids is 1. The summed E-state index contributed by atoms with van der Waals surface area (Å²) < 4.78 is 84.3. The molecule has 0 aliphatic carbocycles. The fourth-order valence-electron chi connectivity index (χ4n) is 12.2. The predicted molar refractivity (Wildman–Crippen MR) is 291 cm³/mol. The number of likely N-dealkylation sites (N-methyl/N-ethyl adjacent to an activating group) is 2. The average molecular weight is 1130 g/mol. The zero-order valence-corrected chi connectivity index (χ0v) is 49.2. The number of methoxy groups -OCH3 is 2. The molecule has 6 rings (SSSR count). The van der Waals surface area contributed by atoms with E-state index in [9.17, 15) is 43.5 Å². The molecule has 0 radical (unpaired) electrons. The molecule has 7 N–H and O–H groups in total. The van der Waals surface area contributed by atoms with Gasteiger partial charge in [-0.15, -0.1) is 13.2 Å². The molecular formula is C58H95F3N4O14. The third-order valence-corrected chi connectivity index (χ3v) is 16.9. The molecule has 21 heteroatoms. The SMILES string of the molecule is CC[C@H]1OC(=O)[C@H](C)[C@@H](O[C@H]2C[C@@](C)(OC)[C@@H](O)[C@H](C)O2)[C@H](C)[C@@H](O[C@@H]2O[C@H](C)C[C@H](N(C)C)[C@H]2O)[C@](C)(O)C[C@@H](C)CN(C)[C@H](C)[C@@H](O)[C@]1(C)O.COc1ccc(OC(F)(F)F)cc1CN[C@H]1CCCN[C@H]1c1ccccc1. The second-order valence-corrected chi connectivity index (χ2v) is 23.7. The first-order valence-electron chi connectivity index (χ1n) is 28.0. The number of nitrogens with zero attached hydrogens (tertiary/aromatic N) is 2. The number of aliphatic hydroxyl groups excluding tert-OH is 3. The number of carbonyl (C=O) groups is 1. The largest absolute Gasteiger partial charge is 0.573 e. The van der Waals surface area contributed by atoms with Gasteiger partial charge >= 0.3 is 12.3 Å². The van der Waals surface area contributed by atoms with Gasteiger partial charge < -0.3 is 83.9 Å². The zero-order chi connectivity index (χ0) is 58.9. The van der Waals surface area contributed by atoms with Crippen LogP contribution in [0.25, 0.3) is 0 Å². The molecule has 0 spiro atoms. The summed E-state index contributed by atoms with van der Waals surface area (Å²) in [7, 11) is 8.62. The molecule has 452 valence electrons. The summed E-state index contributed by atoms with van der Waals surface area (Å²) in [4.78, 5) is 18.0. The quantitative estimate of drug-likeness (QED) is 0.113. The fraction of sp³-hybridized carbons (Fsp3) is 0.776. The van der Waals surface area contributed by atoms with E-state index in [-0.39, 0.29) is 55.2 Å². The number of benzene rings is 2. The van der Waals surface area contributed by atoms with Crippen LogP contribution in [0.2, 0.25) is 0 Å². The van der Waals surface area contributed by atoms with E-state index in [1.165, 1.54) is 44.9 Å². The van der Waals surface area contributed by atoms with E-state index in [0.29, 0.717) is 30.8 Å². The highest BCUT2D eigenvalue weighted by atomic mass is 19.4. The Bertz CT molecular complexity index is 2180. The smallest absolute Gasteiger partial charge is 0.496 e. The minimum Gasteiger partial charge on any atom is -0.496 e. The van der Waals surface area contributed by atoms with Crippen molar-refractivity contribution in [3.8, 4) is 11.5 Å². The molecule has 4 aliphatic rings. The van der Waals surface area contributed by atoms with Gasteiger partial charge in [-0.2, -0.15) is 0 Å². The van der Waals surface area contributed by atoms with Gasteiger partial charge in [0.1, 0.15) is 41.5 Å². The number of rotatable bonds is 13. The third kappa shape index (κ3) is 17.2. The molecule has 18 nitrogen and oxygen atoms in total. The molecule has 0 bridgehead atoms. The predicted octanol–water partition coefficient (Wildman–Crippen LogP) is 6.08. The van der Waals surface area contributed by atoms with Crippen molar-refractivity contribution >= 4 is 5.97 Å². The standard InChI is InChI=1S/C38H72N2O12.C20H23F3N2O2/c1-15-27-38(10,46)31(42)24(6)40(13)19-20(2)17-36(8,45)33(52-35-29(41)26(39(11)12)16-21(3)48-35)22(4)30(23(5)34(44)50-27)51-28-18-37(9,47-14)32(43)25(7)49-28;1-26-18-10-9-16(27-20(21,22)23)12-15(18)13-25-17-8-5-11-24-19(17)14-6-3-2-4-7-14/h20-33,35,41-43,45-46H,15-19H2,1-14H3;2-4,6-7,9-10,12,17,19,24-25H,5,8,11,13H2,1H3/t20-,21-,22+,23-,24-,25+,26+,27-,28+,29-,30+,31-,32+,33-,35+,36-,37-,38-;17-,19-/m10/s1. The molecule has 4 heterocycles. The highest BCUT2D eigenvalue weighted by Crippen LogP contribution is 2.41. The normalized spacial score (nSPS) is 39.6. The molecule has 4 saturated heterocycles. The maximum atomic E-state index is 14.2. The van der Waals surface area contributed by atoms with Crippen molar-refractivity contribution in [2.75, 3.05) is 48.5 Å². The van der Waals surface area contributed by atoms with E-state index < -0.39 is 102 Å². The lowest BCUT2D eigenvalue weighted by atomic mass is 9.77. The molecule has 0 saturated carbocycles. The molecule has 2 aromatic rings. The number of hydrogen-bond donors (Lipinski definition) is 7. The molecule has 0 amide bonds. The molecule has 79 heavy (non-hydrogen) atoms. The minimum absolute atomic E-state index is 0.133. The minimum atomic E-state index is -4.72. The van der Waals surface area contributed by atoms with Gasteiger partial charge in [0, 0.05) is 62.3 Å². The topological polar surface area (TPSA) is 223 Å². The molecule has 4 fully saturated rings. The van der Waals surface area contributed by atoms with Crippen LogP contribution in [0.4, 0.5) is 13.2 Å². The van der Waals surface area contributed by atoms with Crippen LogP contribution in [0.15, 0.2) is 48.5 Å². The molecule has 2 aromatic carbocycles. The van der Waals surface area contributed by atoms with Gasteiger partial charge in [-0.3, -0.25) is 4.79 Å². The summed E-state index contributed by atoms with van der Waals surface area (Å²) in [5, 5.41) is 65.1. The van der Waals surface area contributed by atoms with Gasteiger partial charge in [0.2, 0.25) is 0 Å². The second kappa shape index (κ2) is 28.3. The van der Waals surface area contributed by atoms with E-state index in [1.54, 1.807) is 41.5 Å². The summed E-state index contributed by atoms with van der Waals surface area (Å²) in [5.41, 5.74) is -2.56. The number of nitrogens with one attached hydrogen (secondary N) is 2. The Labute approximate surface area is 466 Å². The Morgan fingerprint density at radius 1 is 0.924 bits per heavy atom. The monoisotopic (exact) mass is 1130 g/mol. The molecule has 4 aliphatic heterocycles. The van der Waals surface area contributed by atoms with Crippen LogP contribution >= 0.6 is 0 Å². The number of cyclic esters (lactones) is 1. The third-order valence-electron chi connectivity index (χ3n) is 16.9. The first-order valence-corrected chi connectivity index (χ1v) is 28.0. The van der Waals surface area contributed by atoms with E-state index in [1.807, 2.05) is 69.9 Å². The summed E-state index contributed by atoms with van der Waals surface area (Å²) in [6.45, 7) is 19.4. The number of halogens is 3. The van der Waals surface area contributed by atoms with Gasteiger partial charge in [-0.25, -0.2) is 0 Å². The molecule has 0 unspecified atom stereocenters. The lowest BCUT2D eigenvalue weighted by Gasteiger charge is -2.48. The van der Waals surface area contributed by atoms with Crippen LogP contribution in [0.5, 0.6) is 11.5 Å². The number of esters is 1. The lowest BCUT2D eigenvalue weighted by molar-refractivity contribution is -0.318. The zero-order valence-electron chi connectivity index (χ0n) is 49.2. The summed E-state index contributed by atoms with van der Waals surface area (Å²) >= 11 is 0. The Balaban J connectivity index is 0.000000354. The highest BCUT2D eigenvalue weighted by molar-refractivity contribution is 5.73. The van der Waals surface area contributed by atoms with Crippen molar-refractivity contribution in [1.82, 2.24) is 20.4 Å². The van der Waals surface area contributed by atoms with Crippen LogP contribution in [0.3, 0.4) is 0 Å². The van der Waals surface area contributed by atoms with Gasteiger partial charge in [0.05, 0.1) is 48.6 Å². The van der Waals surface area contributed by atoms with Crippen molar-refractivity contribution in [2.24, 2.45) is 17.8 Å². The van der Waals surface area contributed by atoms with Crippen LogP contribution in [0, 0.1) is 17.8 Å². The Hall–Kier alpha value is -3.26. The Kier molecular flexibility index (Phi) is 23.9. The highest BCUT2D eigenvalue weighted by Gasteiger charge is 2.53. The van der Waals surface area contributed by atoms with E-state index in [2.05, 4.69) is 27.5 Å². The number of alkyl halides is 3.